The molecule has 2 aromatic rings. The average Bonchev–Trinajstić information content (AvgIpc) is 2.23. The predicted molar refractivity (Wildman–Crippen MR) is 56.9 cm³/mol. The third-order valence-corrected chi connectivity index (χ3v) is 2.38. The van der Waals surface area contributed by atoms with E-state index in [4.69, 9.17) is 0 Å². The summed E-state index contributed by atoms with van der Waals surface area (Å²) in [4.78, 5) is 8.45. The minimum atomic E-state index is 1.03. The van der Waals surface area contributed by atoms with E-state index in [2.05, 4.69) is 29.0 Å². The van der Waals surface area contributed by atoms with Gasteiger partial charge in [-0.25, -0.2) is 9.97 Å². The molecule has 0 saturated heterocycles. The predicted octanol–water partition coefficient (Wildman–Crippen LogP) is 2.76. The largest absolute Gasteiger partial charge is 0.241 e. The van der Waals surface area contributed by atoms with Gasteiger partial charge < -0.3 is 0 Å². The summed E-state index contributed by atoms with van der Waals surface area (Å²) in [5.74, 6) is 0. The lowest BCUT2D eigenvalue weighted by Crippen LogP contribution is -1.93. The summed E-state index contributed by atoms with van der Waals surface area (Å²) in [5, 5.41) is 0. The fourth-order valence-corrected chi connectivity index (χ4v) is 1.43. The lowest BCUT2D eigenvalue weighted by Gasteiger charge is -2.05. The summed E-state index contributed by atoms with van der Waals surface area (Å²) < 4.78 is 0. The maximum atomic E-state index is 4.30. The summed E-state index contributed by atoms with van der Waals surface area (Å²) >= 11 is 0. The van der Waals surface area contributed by atoms with Gasteiger partial charge in [0.2, 0.25) is 0 Å². The Morgan fingerprint density at radius 3 is 2.36 bits per heavy atom. The van der Waals surface area contributed by atoms with Crippen molar-refractivity contribution in [2.24, 2.45) is 0 Å². The van der Waals surface area contributed by atoms with Gasteiger partial charge >= 0.3 is 0 Å². The zero-order chi connectivity index (χ0) is 9.97. The van der Waals surface area contributed by atoms with Crippen LogP contribution >= 0.6 is 0 Å². The van der Waals surface area contributed by atoms with Crippen molar-refractivity contribution in [1.29, 1.82) is 0 Å². The molecule has 0 aliphatic rings. The van der Waals surface area contributed by atoms with E-state index in [0.717, 1.165) is 22.5 Å². The quantitative estimate of drug-likeness (QED) is 0.681. The van der Waals surface area contributed by atoms with Gasteiger partial charge in [0.25, 0.3) is 0 Å². The fraction of sp³-hybridized carbons (Fsp3) is 0.167. The molecule has 2 heteroatoms. The Morgan fingerprint density at radius 1 is 0.929 bits per heavy atom. The molecular formula is C12H12N2. The highest BCUT2D eigenvalue weighted by atomic mass is 14.8. The third-order valence-electron chi connectivity index (χ3n) is 2.38. The molecule has 0 radical (unpaired) electrons. The van der Waals surface area contributed by atoms with Gasteiger partial charge in [-0.15, -0.1) is 0 Å². The van der Waals surface area contributed by atoms with Gasteiger partial charge in [-0.2, -0.15) is 0 Å². The van der Waals surface area contributed by atoms with Crippen molar-refractivity contribution in [3.63, 3.8) is 0 Å². The smallest absolute Gasteiger partial charge is 0.116 e. The van der Waals surface area contributed by atoms with Crippen LogP contribution < -0.4 is 0 Å². The van der Waals surface area contributed by atoms with E-state index in [0.29, 0.717) is 0 Å². The second-order valence-electron chi connectivity index (χ2n) is 3.30. The Bertz CT molecular complexity index is 435. The highest BCUT2D eigenvalue weighted by Crippen LogP contribution is 2.20. The van der Waals surface area contributed by atoms with Crippen LogP contribution in [0.5, 0.6) is 0 Å². The zero-order valence-electron chi connectivity index (χ0n) is 8.36. The van der Waals surface area contributed by atoms with Crippen molar-refractivity contribution >= 4 is 0 Å². The number of hydrogen-bond acceptors (Lipinski definition) is 2. The minimum Gasteiger partial charge on any atom is -0.241 e. The Labute approximate surface area is 83.7 Å². The van der Waals surface area contributed by atoms with E-state index in [1.807, 2.05) is 25.1 Å². The highest BCUT2D eigenvalue weighted by molar-refractivity contribution is 5.62. The van der Waals surface area contributed by atoms with E-state index in [-0.39, 0.29) is 0 Å². The molecule has 0 unspecified atom stereocenters. The first-order chi connectivity index (χ1) is 6.79. The van der Waals surface area contributed by atoms with E-state index in [1.54, 1.807) is 6.33 Å². The molecule has 0 aliphatic heterocycles. The van der Waals surface area contributed by atoms with E-state index in [1.165, 1.54) is 0 Å². The molecule has 0 aliphatic carbocycles. The SMILES string of the molecule is Cc1ncnc(-c2ccccc2)c1C. The number of benzene rings is 1. The van der Waals surface area contributed by atoms with Crippen LogP contribution in [0.15, 0.2) is 36.7 Å². The summed E-state index contributed by atoms with van der Waals surface area (Å²) in [6, 6.07) is 10.2. The number of rotatable bonds is 1. The van der Waals surface area contributed by atoms with Crippen molar-refractivity contribution in [3.05, 3.63) is 47.9 Å². The standard InChI is InChI=1S/C12H12N2/c1-9-10(2)13-8-14-12(9)11-6-4-3-5-7-11/h3-8H,1-2H3. The first-order valence-electron chi connectivity index (χ1n) is 4.62. The molecule has 0 atom stereocenters. The Hall–Kier alpha value is -1.70. The number of aromatic nitrogens is 2. The molecule has 0 saturated carbocycles. The summed E-state index contributed by atoms with van der Waals surface area (Å²) in [6.45, 7) is 4.06. The monoisotopic (exact) mass is 184 g/mol. The van der Waals surface area contributed by atoms with Crippen molar-refractivity contribution in [3.8, 4) is 11.3 Å². The molecule has 0 spiro atoms. The van der Waals surface area contributed by atoms with Crippen LogP contribution in [0.3, 0.4) is 0 Å². The van der Waals surface area contributed by atoms with E-state index in [9.17, 15) is 0 Å². The third kappa shape index (κ3) is 1.51. The number of hydrogen-bond donors (Lipinski definition) is 0. The Kier molecular flexibility index (Phi) is 2.27. The molecule has 2 nitrogen and oxygen atoms in total. The van der Waals surface area contributed by atoms with Crippen molar-refractivity contribution < 1.29 is 0 Å². The summed E-state index contributed by atoms with van der Waals surface area (Å²) in [5.41, 5.74) is 4.37. The topological polar surface area (TPSA) is 25.8 Å². The minimum absolute atomic E-state index is 1.03. The molecule has 2 rings (SSSR count). The van der Waals surface area contributed by atoms with Gasteiger partial charge in [-0.05, 0) is 19.4 Å². The highest BCUT2D eigenvalue weighted by Gasteiger charge is 2.04. The zero-order valence-corrected chi connectivity index (χ0v) is 8.36. The van der Waals surface area contributed by atoms with Gasteiger partial charge in [0.1, 0.15) is 6.33 Å². The lowest BCUT2D eigenvalue weighted by molar-refractivity contribution is 1.07. The van der Waals surface area contributed by atoms with Gasteiger partial charge in [0.05, 0.1) is 5.69 Å². The molecule has 1 aromatic carbocycles. The van der Waals surface area contributed by atoms with Gasteiger partial charge in [0, 0.05) is 11.3 Å². The van der Waals surface area contributed by atoms with Crippen molar-refractivity contribution in [2.45, 2.75) is 13.8 Å². The molecule has 1 aromatic heterocycles. The van der Waals surface area contributed by atoms with Crippen LogP contribution in [0, 0.1) is 13.8 Å². The molecule has 0 amide bonds. The van der Waals surface area contributed by atoms with Crippen LogP contribution in [-0.4, -0.2) is 9.97 Å². The fourth-order valence-electron chi connectivity index (χ4n) is 1.43. The molecule has 0 bridgehead atoms. The second kappa shape index (κ2) is 3.58. The average molecular weight is 184 g/mol. The maximum Gasteiger partial charge on any atom is 0.116 e. The number of aryl methyl sites for hydroxylation is 1. The van der Waals surface area contributed by atoms with Crippen LogP contribution in [0.4, 0.5) is 0 Å². The first kappa shape index (κ1) is 8.88. The van der Waals surface area contributed by atoms with Crippen LogP contribution in [0.1, 0.15) is 11.3 Å². The first-order valence-corrected chi connectivity index (χ1v) is 4.62. The summed E-state index contributed by atoms with van der Waals surface area (Å²) in [7, 11) is 0. The molecule has 0 N–H and O–H groups in total. The molecule has 70 valence electrons. The second-order valence-corrected chi connectivity index (χ2v) is 3.30. The molecule has 0 fully saturated rings. The molecule has 1 heterocycles. The van der Waals surface area contributed by atoms with Gasteiger partial charge in [-0.1, -0.05) is 30.3 Å². The molecule has 14 heavy (non-hydrogen) atoms. The van der Waals surface area contributed by atoms with E-state index >= 15 is 0 Å². The van der Waals surface area contributed by atoms with Crippen LogP contribution in [-0.2, 0) is 0 Å². The van der Waals surface area contributed by atoms with E-state index < -0.39 is 0 Å². The van der Waals surface area contributed by atoms with Crippen LogP contribution in [0.2, 0.25) is 0 Å². The lowest BCUT2D eigenvalue weighted by atomic mass is 10.1. The molecular weight excluding hydrogens is 172 g/mol. The summed E-state index contributed by atoms with van der Waals surface area (Å²) in [6.07, 6.45) is 1.62. The maximum absolute atomic E-state index is 4.30. The number of nitrogens with zero attached hydrogens (tertiary/aromatic N) is 2. The van der Waals surface area contributed by atoms with Crippen LogP contribution in [0.25, 0.3) is 11.3 Å². The Morgan fingerprint density at radius 2 is 1.64 bits per heavy atom. The normalized spacial score (nSPS) is 10.1. The van der Waals surface area contributed by atoms with Crippen molar-refractivity contribution in [1.82, 2.24) is 9.97 Å². The van der Waals surface area contributed by atoms with Gasteiger partial charge in [-0.3, -0.25) is 0 Å². The van der Waals surface area contributed by atoms with Gasteiger partial charge in [0.15, 0.2) is 0 Å². The van der Waals surface area contributed by atoms with Crippen molar-refractivity contribution in [2.75, 3.05) is 0 Å². The Balaban J connectivity index is 2.58.